The van der Waals surface area contributed by atoms with Gasteiger partial charge in [-0.25, -0.2) is 13.6 Å². The van der Waals surface area contributed by atoms with Gasteiger partial charge in [0.25, 0.3) is 18.2 Å². The number of rotatable bonds is 12. The summed E-state index contributed by atoms with van der Waals surface area (Å²) in [5.41, 5.74) is 5.21. The lowest BCUT2D eigenvalue weighted by molar-refractivity contribution is -0.136. The molecule has 64 heavy (non-hydrogen) atoms. The van der Waals surface area contributed by atoms with Crippen molar-refractivity contribution in [1.82, 2.24) is 45.3 Å². The van der Waals surface area contributed by atoms with Crippen molar-refractivity contribution in [3.63, 3.8) is 0 Å². The third-order valence-electron chi connectivity index (χ3n) is 12.7. The first-order chi connectivity index (χ1) is 31.0. The summed E-state index contributed by atoms with van der Waals surface area (Å²) in [5.74, 6) is -1.91. The molecule has 7 amide bonds. The highest BCUT2D eigenvalue weighted by atomic mass is 19.3. The first-order valence-electron chi connectivity index (χ1n) is 21.7. The van der Waals surface area contributed by atoms with Crippen molar-refractivity contribution in [2.24, 2.45) is 0 Å². The van der Waals surface area contributed by atoms with Crippen LogP contribution < -0.4 is 26.2 Å². The van der Waals surface area contributed by atoms with Gasteiger partial charge in [0.1, 0.15) is 6.04 Å². The van der Waals surface area contributed by atoms with Crippen LogP contribution in [0.4, 0.5) is 30.8 Å². The number of urea groups is 1. The molecule has 2 saturated heterocycles. The Balaban J connectivity index is 0.833. The van der Waals surface area contributed by atoms with Gasteiger partial charge in [-0.3, -0.25) is 43.6 Å². The number of aryl methyl sites for hydroxylation is 1. The Kier molecular flexibility index (Phi) is 11.9. The average molecular weight is 882 g/mol. The number of halogens is 2. The Hall–Kier alpha value is -6.70. The molecule has 5 aliphatic heterocycles. The molecule has 0 bridgehead atoms. The number of hydrogen-bond donors (Lipinski definition) is 4. The fourth-order valence-corrected chi connectivity index (χ4v) is 9.43. The molecule has 0 radical (unpaired) electrons. The second kappa shape index (κ2) is 17.8. The third kappa shape index (κ3) is 8.17. The number of hydrogen-bond acceptors (Lipinski definition) is 11. The summed E-state index contributed by atoms with van der Waals surface area (Å²) in [6.45, 7) is 3.54. The van der Waals surface area contributed by atoms with Crippen LogP contribution in [0.2, 0.25) is 0 Å². The van der Waals surface area contributed by atoms with Crippen LogP contribution in [0.5, 0.6) is 0 Å². The molecule has 2 fully saturated rings. The van der Waals surface area contributed by atoms with Crippen molar-refractivity contribution in [3.8, 4) is 11.1 Å². The zero-order chi connectivity index (χ0) is 44.6. The van der Waals surface area contributed by atoms with Crippen LogP contribution in [0.1, 0.15) is 94.1 Å². The molecule has 2 aromatic heterocycles. The molecule has 1 atom stereocenters. The van der Waals surface area contributed by atoms with E-state index in [1.54, 1.807) is 41.2 Å². The highest BCUT2D eigenvalue weighted by Crippen LogP contribution is 2.44. The number of amides is 7. The number of anilines is 3. The fraction of sp³-hybridized carbons (Fsp3) is 0.455. The highest BCUT2D eigenvalue weighted by Gasteiger charge is 2.45. The molecule has 0 aliphatic carbocycles. The molecule has 0 spiro atoms. The lowest BCUT2D eigenvalue weighted by Crippen LogP contribution is -2.54. The minimum absolute atomic E-state index is 0.0246. The first kappa shape index (κ1) is 42.6. The fourth-order valence-electron chi connectivity index (χ4n) is 9.43. The Bertz CT molecular complexity index is 2530. The molecule has 1 unspecified atom stereocenters. The van der Waals surface area contributed by atoms with E-state index < -0.39 is 36.1 Å². The number of nitrogens with one attached hydrogen (secondary N) is 4. The molecule has 0 saturated carbocycles. The average Bonchev–Trinajstić information content (AvgIpc) is 4.00. The van der Waals surface area contributed by atoms with Gasteiger partial charge in [0.15, 0.2) is 5.82 Å². The van der Waals surface area contributed by atoms with Gasteiger partial charge in [-0.2, -0.15) is 10.2 Å². The zero-order valence-corrected chi connectivity index (χ0v) is 35.3. The third-order valence-corrected chi connectivity index (χ3v) is 12.7. The van der Waals surface area contributed by atoms with Crippen molar-refractivity contribution in [2.75, 3.05) is 56.7 Å². The molecule has 7 heterocycles. The van der Waals surface area contributed by atoms with E-state index in [1.807, 2.05) is 11.0 Å². The number of benzene rings is 2. The van der Waals surface area contributed by atoms with Gasteiger partial charge in [-0.15, -0.1) is 0 Å². The van der Waals surface area contributed by atoms with Gasteiger partial charge in [-0.05, 0) is 73.6 Å². The highest BCUT2D eigenvalue weighted by molar-refractivity contribution is 6.23. The quantitative estimate of drug-likeness (QED) is 0.151. The standard InChI is InChI=1S/C44H49F2N11O7/c1-47-44(63)53-15-9-34-33(24-53)40(52-57(34)28-10-17-64-18-11-28)55-14-2-3-25-19-30(31(39(45)46)21-36(25)55)26-22-50-54(23-26)16-13-49-37(58)8-12-48-27-4-5-29-32(20-27)43(62)56(42(29)61)35-6-7-38(59)51-41(35)60/h4-5,19-23,28,35,39,48H,2-3,6-18,24H2,1H3,(H,47,63)(H,49,58)(H,51,59,60). The maximum atomic E-state index is 15.0. The molecule has 4 N–H and O–H groups in total. The van der Waals surface area contributed by atoms with E-state index in [0.29, 0.717) is 80.6 Å². The maximum Gasteiger partial charge on any atom is 0.317 e. The van der Waals surface area contributed by atoms with Crippen LogP contribution in [0.15, 0.2) is 42.7 Å². The van der Waals surface area contributed by atoms with Crippen molar-refractivity contribution < 1.29 is 42.3 Å². The number of alkyl halides is 2. The Morgan fingerprint density at radius 1 is 0.953 bits per heavy atom. The second-order valence-corrected chi connectivity index (χ2v) is 16.6. The summed E-state index contributed by atoms with van der Waals surface area (Å²) in [4.78, 5) is 80.3. The van der Waals surface area contributed by atoms with E-state index in [2.05, 4.69) is 31.0 Å². The molecular weight excluding hydrogens is 833 g/mol. The van der Waals surface area contributed by atoms with Crippen molar-refractivity contribution in [3.05, 3.63) is 76.2 Å². The Morgan fingerprint density at radius 2 is 1.77 bits per heavy atom. The van der Waals surface area contributed by atoms with Gasteiger partial charge in [-0.1, -0.05) is 0 Å². The number of piperidine rings is 1. The number of imide groups is 2. The summed E-state index contributed by atoms with van der Waals surface area (Å²) in [5, 5.41) is 20.4. The largest absolute Gasteiger partial charge is 0.385 e. The molecule has 336 valence electrons. The number of nitrogens with zero attached hydrogens (tertiary/aromatic N) is 7. The van der Waals surface area contributed by atoms with E-state index in [4.69, 9.17) is 9.84 Å². The normalized spacial score (nSPS) is 18.8. The lowest BCUT2D eigenvalue weighted by Gasteiger charge is -2.33. The predicted octanol–water partition coefficient (Wildman–Crippen LogP) is 3.84. The smallest absolute Gasteiger partial charge is 0.317 e. The minimum Gasteiger partial charge on any atom is -0.385 e. The van der Waals surface area contributed by atoms with E-state index in [0.717, 1.165) is 41.0 Å². The number of carbonyl (C=O) groups is 6. The summed E-state index contributed by atoms with van der Waals surface area (Å²) in [6.07, 6.45) is 4.41. The van der Waals surface area contributed by atoms with Gasteiger partial charge in [0, 0.05) is 106 Å². The summed E-state index contributed by atoms with van der Waals surface area (Å²) in [7, 11) is 1.61. The molecule has 2 aromatic carbocycles. The van der Waals surface area contributed by atoms with Crippen molar-refractivity contribution in [2.45, 2.75) is 83.0 Å². The SMILES string of the molecule is CNC(=O)N1CCc2c(c(N3CCCc4cc(-c5cnn(CCNC(=O)CCNc6ccc7c(c6)C(=O)N(C6CCC(=O)NC6=O)C7=O)c5)c(C(F)F)cc43)nn2C2CCOCC2)C1. The molecule has 5 aliphatic rings. The maximum absolute atomic E-state index is 15.0. The van der Waals surface area contributed by atoms with Crippen molar-refractivity contribution in [1.29, 1.82) is 0 Å². The van der Waals surface area contributed by atoms with Crippen LogP contribution in [0, 0.1) is 0 Å². The van der Waals surface area contributed by atoms with Crippen LogP contribution in [0.3, 0.4) is 0 Å². The van der Waals surface area contributed by atoms with Crippen LogP contribution in [-0.2, 0) is 45.1 Å². The molecule has 4 aromatic rings. The molecule has 18 nitrogen and oxygen atoms in total. The topological polar surface area (TPSA) is 205 Å². The summed E-state index contributed by atoms with van der Waals surface area (Å²) < 4.78 is 39.3. The van der Waals surface area contributed by atoms with Crippen LogP contribution in [-0.4, -0.2) is 117 Å². The summed E-state index contributed by atoms with van der Waals surface area (Å²) in [6, 6.07) is 6.94. The number of carbonyl (C=O) groups excluding carboxylic acids is 6. The predicted molar refractivity (Wildman–Crippen MR) is 227 cm³/mol. The minimum atomic E-state index is -2.77. The van der Waals surface area contributed by atoms with E-state index in [-0.39, 0.29) is 67.0 Å². The van der Waals surface area contributed by atoms with E-state index in [1.165, 1.54) is 12.1 Å². The Labute approximate surface area is 366 Å². The second-order valence-electron chi connectivity index (χ2n) is 16.6. The number of ether oxygens (including phenoxy) is 1. The Morgan fingerprint density at radius 3 is 2.55 bits per heavy atom. The van der Waals surface area contributed by atoms with Gasteiger partial charge >= 0.3 is 6.03 Å². The number of aromatic nitrogens is 4. The molecule has 20 heteroatoms. The molecule has 9 rings (SSSR count). The lowest BCUT2D eigenvalue weighted by atomic mass is 9.92. The molecular formula is C44H49F2N11O7. The van der Waals surface area contributed by atoms with Crippen LogP contribution in [0.25, 0.3) is 11.1 Å². The van der Waals surface area contributed by atoms with Gasteiger partial charge in [0.05, 0.1) is 36.5 Å². The van der Waals surface area contributed by atoms with Crippen LogP contribution >= 0.6 is 0 Å². The summed E-state index contributed by atoms with van der Waals surface area (Å²) >= 11 is 0. The monoisotopic (exact) mass is 881 g/mol. The first-order valence-corrected chi connectivity index (χ1v) is 21.7. The van der Waals surface area contributed by atoms with E-state index in [9.17, 15) is 37.5 Å². The van der Waals surface area contributed by atoms with E-state index >= 15 is 0 Å². The van der Waals surface area contributed by atoms with Gasteiger partial charge in [0.2, 0.25) is 17.7 Å². The zero-order valence-electron chi connectivity index (χ0n) is 35.3. The number of fused-ring (bicyclic) bond motifs is 3. The van der Waals surface area contributed by atoms with Gasteiger partial charge < -0.3 is 30.5 Å². The van der Waals surface area contributed by atoms with Crippen molar-refractivity contribution >= 4 is 52.8 Å².